The third kappa shape index (κ3) is 5.04. The van der Waals surface area contributed by atoms with Crippen LogP contribution in [0.3, 0.4) is 0 Å². The zero-order chi connectivity index (χ0) is 14.8. The Morgan fingerprint density at radius 1 is 1.05 bits per heavy atom. The standard InChI is InChI=1S/C17H19BrNO.BrH/c1-17(2,3)14-8-10-19(11-9-14)12-16(20)13-4-6-15(18)7-5-13;/h4-11H,12H2,1-3H3;1H/q+1;/p-1. The molecule has 0 spiro atoms. The Hall–Kier alpha value is -1.000. The van der Waals surface area contributed by atoms with Gasteiger partial charge in [0, 0.05) is 22.2 Å². The highest BCUT2D eigenvalue weighted by Gasteiger charge is 2.16. The Bertz CT molecular complexity index is 598. The van der Waals surface area contributed by atoms with Gasteiger partial charge in [0.25, 0.3) is 0 Å². The van der Waals surface area contributed by atoms with Crippen LogP contribution in [0.1, 0.15) is 36.7 Å². The molecule has 0 saturated heterocycles. The van der Waals surface area contributed by atoms with Crippen molar-refractivity contribution in [3.8, 4) is 0 Å². The van der Waals surface area contributed by atoms with Crippen LogP contribution in [0.2, 0.25) is 0 Å². The maximum absolute atomic E-state index is 12.2. The number of carbonyl (C=O) groups excluding carboxylic acids is 1. The van der Waals surface area contributed by atoms with Gasteiger partial charge in [-0.2, -0.15) is 4.57 Å². The zero-order valence-corrected chi connectivity index (χ0v) is 15.6. The number of halogens is 2. The van der Waals surface area contributed by atoms with Gasteiger partial charge in [-0.3, -0.25) is 4.79 Å². The van der Waals surface area contributed by atoms with Crippen LogP contribution in [0.5, 0.6) is 0 Å². The average Bonchev–Trinajstić information content (AvgIpc) is 2.39. The number of benzene rings is 1. The van der Waals surface area contributed by atoms with Crippen LogP contribution in [-0.4, -0.2) is 5.78 Å². The molecule has 0 saturated carbocycles. The maximum Gasteiger partial charge on any atom is 0.227 e. The molecule has 0 unspecified atom stereocenters. The number of hydrogen-bond donors (Lipinski definition) is 0. The number of nitrogens with zero attached hydrogens (tertiary/aromatic N) is 1. The fourth-order valence-electron chi connectivity index (χ4n) is 1.96. The second kappa shape index (κ2) is 7.32. The highest BCUT2D eigenvalue weighted by atomic mass is 79.9. The molecule has 1 aromatic carbocycles. The molecule has 2 aromatic rings. The molecule has 0 aliphatic heterocycles. The van der Waals surface area contributed by atoms with Gasteiger partial charge >= 0.3 is 0 Å². The van der Waals surface area contributed by atoms with Gasteiger partial charge in [-0.15, -0.1) is 0 Å². The van der Waals surface area contributed by atoms with Crippen molar-refractivity contribution in [1.29, 1.82) is 0 Å². The number of rotatable bonds is 3. The predicted molar refractivity (Wildman–Crippen MR) is 83.8 cm³/mol. The molecule has 112 valence electrons. The summed E-state index contributed by atoms with van der Waals surface area (Å²) >= 11 is 3.37. The second-order valence-electron chi connectivity index (χ2n) is 5.94. The molecular formula is C17H19Br2NO. The summed E-state index contributed by atoms with van der Waals surface area (Å²) in [7, 11) is 0. The summed E-state index contributed by atoms with van der Waals surface area (Å²) in [5, 5.41) is 0. The van der Waals surface area contributed by atoms with Crippen molar-refractivity contribution >= 4 is 21.7 Å². The highest BCUT2D eigenvalue weighted by molar-refractivity contribution is 9.10. The van der Waals surface area contributed by atoms with E-state index in [9.17, 15) is 4.79 Å². The van der Waals surface area contributed by atoms with Crippen molar-refractivity contribution < 1.29 is 26.3 Å². The summed E-state index contributed by atoms with van der Waals surface area (Å²) < 4.78 is 2.90. The van der Waals surface area contributed by atoms with E-state index in [1.807, 2.05) is 41.2 Å². The van der Waals surface area contributed by atoms with Crippen LogP contribution in [0.4, 0.5) is 0 Å². The number of ketones is 1. The normalized spacial score (nSPS) is 10.9. The van der Waals surface area contributed by atoms with E-state index in [2.05, 4.69) is 48.8 Å². The molecule has 1 heterocycles. The molecule has 0 amide bonds. The lowest BCUT2D eigenvalue weighted by molar-refractivity contribution is -0.683. The van der Waals surface area contributed by atoms with Crippen LogP contribution >= 0.6 is 15.9 Å². The molecule has 4 heteroatoms. The Morgan fingerprint density at radius 2 is 1.57 bits per heavy atom. The molecule has 0 aliphatic rings. The first-order valence-electron chi connectivity index (χ1n) is 6.64. The lowest BCUT2D eigenvalue weighted by atomic mass is 9.88. The Kier molecular flexibility index (Phi) is 6.29. The molecule has 21 heavy (non-hydrogen) atoms. The second-order valence-corrected chi connectivity index (χ2v) is 6.85. The van der Waals surface area contributed by atoms with Gasteiger partial charge in [-0.25, -0.2) is 0 Å². The minimum atomic E-state index is 0. The monoisotopic (exact) mass is 411 g/mol. The Balaban J connectivity index is 0.00000220. The minimum Gasteiger partial charge on any atom is -1.00 e. The van der Waals surface area contributed by atoms with Gasteiger partial charge < -0.3 is 17.0 Å². The molecule has 2 nitrogen and oxygen atoms in total. The summed E-state index contributed by atoms with van der Waals surface area (Å²) in [6, 6.07) is 11.6. The predicted octanol–water partition coefficient (Wildman–Crippen LogP) is 0.921. The molecule has 1 aromatic heterocycles. The summed E-state index contributed by atoms with van der Waals surface area (Å²) in [5.74, 6) is 0.117. The first kappa shape index (κ1) is 18.1. The van der Waals surface area contributed by atoms with E-state index >= 15 is 0 Å². The summed E-state index contributed by atoms with van der Waals surface area (Å²) in [5.41, 5.74) is 2.14. The maximum atomic E-state index is 12.2. The molecule has 0 fully saturated rings. The van der Waals surface area contributed by atoms with Gasteiger partial charge in [0.1, 0.15) is 0 Å². The van der Waals surface area contributed by atoms with E-state index in [0.717, 1.165) is 10.0 Å². The van der Waals surface area contributed by atoms with E-state index in [0.29, 0.717) is 6.54 Å². The largest absolute Gasteiger partial charge is 1.00 e. The molecule has 2 rings (SSSR count). The van der Waals surface area contributed by atoms with Crippen LogP contribution < -0.4 is 21.5 Å². The average molecular weight is 413 g/mol. The summed E-state index contributed by atoms with van der Waals surface area (Å²) in [6.07, 6.45) is 3.94. The number of carbonyl (C=O) groups is 1. The van der Waals surface area contributed by atoms with E-state index < -0.39 is 0 Å². The number of hydrogen-bond acceptors (Lipinski definition) is 1. The van der Waals surface area contributed by atoms with Crippen molar-refractivity contribution in [3.63, 3.8) is 0 Å². The van der Waals surface area contributed by atoms with E-state index in [1.165, 1.54) is 5.56 Å². The smallest absolute Gasteiger partial charge is 0.227 e. The van der Waals surface area contributed by atoms with E-state index in [4.69, 9.17) is 0 Å². The highest BCUT2D eigenvalue weighted by Crippen LogP contribution is 2.20. The van der Waals surface area contributed by atoms with Crippen LogP contribution in [0.15, 0.2) is 53.3 Å². The number of Topliss-reactive ketones (excluding diaryl/α,β-unsaturated/α-hetero) is 1. The van der Waals surface area contributed by atoms with Crippen molar-refractivity contribution in [3.05, 3.63) is 64.4 Å². The van der Waals surface area contributed by atoms with Gasteiger partial charge in [0.15, 0.2) is 12.4 Å². The van der Waals surface area contributed by atoms with E-state index in [1.54, 1.807) is 0 Å². The van der Waals surface area contributed by atoms with Gasteiger partial charge in [-0.05, 0) is 23.1 Å². The van der Waals surface area contributed by atoms with Crippen LogP contribution in [-0.2, 0) is 12.0 Å². The number of pyridine rings is 1. The number of aromatic nitrogens is 1. The Labute approximate surface area is 145 Å². The minimum absolute atomic E-state index is 0. The third-order valence-electron chi connectivity index (χ3n) is 3.25. The first-order chi connectivity index (χ1) is 9.36. The fraction of sp³-hybridized carbons (Fsp3) is 0.294. The van der Waals surface area contributed by atoms with Gasteiger partial charge in [0.2, 0.25) is 12.3 Å². The zero-order valence-electron chi connectivity index (χ0n) is 12.4. The topological polar surface area (TPSA) is 20.9 Å². The molecule has 0 bridgehead atoms. The first-order valence-corrected chi connectivity index (χ1v) is 7.44. The van der Waals surface area contributed by atoms with Crippen molar-refractivity contribution in [2.45, 2.75) is 32.7 Å². The van der Waals surface area contributed by atoms with Gasteiger partial charge in [0.05, 0.1) is 0 Å². The van der Waals surface area contributed by atoms with Crippen molar-refractivity contribution in [2.24, 2.45) is 0 Å². The molecular weight excluding hydrogens is 394 g/mol. The fourth-order valence-corrected chi connectivity index (χ4v) is 2.22. The SMILES string of the molecule is CC(C)(C)c1cc[n+](CC(=O)c2ccc(Br)cc2)cc1.[Br-]. The molecule has 0 aliphatic carbocycles. The van der Waals surface area contributed by atoms with Gasteiger partial charge in [-0.1, -0.05) is 48.8 Å². The van der Waals surface area contributed by atoms with Crippen LogP contribution in [0, 0.1) is 0 Å². The van der Waals surface area contributed by atoms with Crippen molar-refractivity contribution in [2.75, 3.05) is 0 Å². The summed E-state index contributed by atoms with van der Waals surface area (Å²) in [6.45, 7) is 6.91. The van der Waals surface area contributed by atoms with E-state index in [-0.39, 0.29) is 28.2 Å². The Morgan fingerprint density at radius 3 is 2.05 bits per heavy atom. The lowest BCUT2D eigenvalue weighted by Gasteiger charge is -2.17. The molecule has 0 N–H and O–H groups in total. The third-order valence-corrected chi connectivity index (χ3v) is 3.78. The van der Waals surface area contributed by atoms with Crippen LogP contribution in [0.25, 0.3) is 0 Å². The molecule has 0 radical (unpaired) electrons. The van der Waals surface area contributed by atoms with Crippen molar-refractivity contribution in [1.82, 2.24) is 0 Å². The quantitative estimate of drug-likeness (QED) is 0.542. The summed E-state index contributed by atoms with van der Waals surface area (Å²) in [4.78, 5) is 12.2. The molecule has 0 atom stereocenters. The lowest BCUT2D eigenvalue weighted by Crippen LogP contribution is -3.00.